The van der Waals surface area contributed by atoms with Gasteiger partial charge >= 0.3 is 0 Å². The number of carbonyl (C=O) groups is 2. The zero-order valence-corrected chi connectivity index (χ0v) is 14.8. The molecule has 4 nitrogen and oxygen atoms in total. The highest BCUT2D eigenvalue weighted by Gasteiger charge is 2.24. The second-order valence-electron chi connectivity index (χ2n) is 6.05. The van der Waals surface area contributed by atoms with Crippen LogP contribution in [0.25, 0.3) is 0 Å². The largest absolute Gasteiger partial charge is 0.337 e. The van der Waals surface area contributed by atoms with E-state index in [-0.39, 0.29) is 17.1 Å². The average molecular weight is 340 g/mol. The Morgan fingerprint density at radius 1 is 1.25 bits per heavy atom. The van der Waals surface area contributed by atoms with Gasteiger partial charge in [0.2, 0.25) is 5.91 Å². The summed E-state index contributed by atoms with van der Waals surface area (Å²) < 4.78 is 0. The van der Waals surface area contributed by atoms with Crippen molar-refractivity contribution in [2.45, 2.75) is 30.5 Å². The van der Waals surface area contributed by atoms with Gasteiger partial charge in [-0.15, -0.1) is 11.8 Å². The molecule has 0 radical (unpaired) electrons. The van der Waals surface area contributed by atoms with E-state index in [2.05, 4.69) is 5.32 Å². The summed E-state index contributed by atoms with van der Waals surface area (Å²) in [5, 5.41) is 2.76. The first-order valence-electron chi connectivity index (χ1n) is 7.87. The van der Waals surface area contributed by atoms with Crippen LogP contribution in [0.5, 0.6) is 0 Å². The third kappa shape index (κ3) is 3.31. The first kappa shape index (κ1) is 16.6. The summed E-state index contributed by atoms with van der Waals surface area (Å²) in [5.74, 6) is -0.0794. The van der Waals surface area contributed by atoms with Crippen molar-refractivity contribution in [2.24, 2.45) is 0 Å². The Kier molecular flexibility index (Phi) is 4.62. The maximum atomic E-state index is 12.7. The summed E-state index contributed by atoms with van der Waals surface area (Å²) in [4.78, 5) is 27.2. The fourth-order valence-electron chi connectivity index (χ4n) is 2.68. The number of anilines is 1. The Bertz CT molecular complexity index is 804. The number of nitrogens with zero attached hydrogens (tertiary/aromatic N) is 1. The van der Waals surface area contributed by atoms with Crippen LogP contribution in [0.1, 0.15) is 28.4 Å². The van der Waals surface area contributed by atoms with E-state index in [0.29, 0.717) is 12.1 Å². The third-order valence-corrected chi connectivity index (χ3v) is 5.35. The van der Waals surface area contributed by atoms with E-state index in [1.807, 2.05) is 50.2 Å². The fourth-order valence-corrected chi connectivity index (χ4v) is 3.61. The highest BCUT2D eigenvalue weighted by atomic mass is 32.2. The Morgan fingerprint density at radius 3 is 2.75 bits per heavy atom. The third-order valence-electron chi connectivity index (χ3n) is 4.17. The van der Waals surface area contributed by atoms with Gasteiger partial charge in [-0.05, 0) is 43.2 Å². The van der Waals surface area contributed by atoms with Crippen LogP contribution < -0.4 is 5.32 Å². The molecule has 2 aromatic rings. The van der Waals surface area contributed by atoms with Crippen molar-refractivity contribution in [3.63, 3.8) is 0 Å². The van der Waals surface area contributed by atoms with Gasteiger partial charge in [0.1, 0.15) is 0 Å². The van der Waals surface area contributed by atoms with Crippen LogP contribution in [0.4, 0.5) is 5.69 Å². The zero-order chi connectivity index (χ0) is 17.3. The van der Waals surface area contributed by atoms with Crippen LogP contribution in [0, 0.1) is 6.92 Å². The van der Waals surface area contributed by atoms with Crippen molar-refractivity contribution < 1.29 is 9.59 Å². The van der Waals surface area contributed by atoms with E-state index in [0.717, 1.165) is 16.1 Å². The van der Waals surface area contributed by atoms with Gasteiger partial charge < -0.3 is 10.2 Å². The number of hydrogen-bond donors (Lipinski definition) is 1. The Balaban J connectivity index is 1.79. The van der Waals surface area contributed by atoms with Crippen molar-refractivity contribution in [3.05, 3.63) is 59.2 Å². The average Bonchev–Trinajstić information content (AvgIpc) is 2.57. The minimum absolute atomic E-state index is 0.0228. The van der Waals surface area contributed by atoms with Gasteiger partial charge in [-0.3, -0.25) is 9.59 Å². The lowest BCUT2D eigenvalue weighted by atomic mass is 10.1. The summed E-state index contributed by atoms with van der Waals surface area (Å²) in [7, 11) is 1.80. The number of amides is 2. The number of benzene rings is 2. The first-order chi connectivity index (χ1) is 11.5. The molecule has 0 aromatic heterocycles. The van der Waals surface area contributed by atoms with Gasteiger partial charge in [-0.1, -0.05) is 24.3 Å². The van der Waals surface area contributed by atoms with Crippen molar-refractivity contribution >= 4 is 29.3 Å². The second-order valence-corrected chi connectivity index (χ2v) is 7.43. The second kappa shape index (κ2) is 6.69. The predicted molar refractivity (Wildman–Crippen MR) is 97.4 cm³/mol. The predicted octanol–water partition coefficient (Wildman–Crippen LogP) is 3.70. The molecule has 2 amide bonds. The SMILES string of the molecule is Cc1ccccc1CN(C)C(=O)c1ccc2c(c1)NC(=O)C(C)S2. The minimum Gasteiger partial charge on any atom is -0.337 e. The van der Waals surface area contributed by atoms with Gasteiger partial charge in [0.25, 0.3) is 5.91 Å². The van der Waals surface area contributed by atoms with Crippen LogP contribution in [-0.4, -0.2) is 29.0 Å². The Morgan fingerprint density at radius 2 is 2.00 bits per heavy atom. The molecule has 3 rings (SSSR count). The molecule has 1 unspecified atom stereocenters. The van der Waals surface area contributed by atoms with Crippen molar-refractivity contribution in [1.82, 2.24) is 4.90 Å². The zero-order valence-electron chi connectivity index (χ0n) is 14.0. The van der Waals surface area contributed by atoms with Gasteiger partial charge in [-0.25, -0.2) is 0 Å². The van der Waals surface area contributed by atoms with Gasteiger partial charge in [0.15, 0.2) is 0 Å². The van der Waals surface area contributed by atoms with E-state index in [9.17, 15) is 9.59 Å². The molecule has 0 fully saturated rings. The van der Waals surface area contributed by atoms with Crippen LogP contribution in [0.3, 0.4) is 0 Å². The molecule has 1 aliphatic heterocycles. The quantitative estimate of drug-likeness (QED) is 0.927. The molecule has 0 saturated heterocycles. The minimum atomic E-state index is -0.109. The summed E-state index contributed by atoms with van der Waals surface area (Å²) >= 11 is 1.52. The van der Waals surface area contributed by atoms with Crippen molar-refractivity contribution in [3.8, 4) is 0 Å². The van der Waals surface area contributed by atoms with Gasteiger partial charge in [0, 0.05) is 24.1 Å². The molecular formula is C19H20N2O2S. The summed E-state index contributed by atoms with van der Waals surface area (Å²) in [6.45, 7) is 4.47. The maximum Gasteiger partial charge on any atom is 0.253 e. The van der Waals surface area contributed by atoms with Crippen LogP contribution in [0.2, 0.25) is 0 Å². The molecule has 2 aromatic carbocycles. The molecule has 0 aliphatic carbocycles. The molecular weight excluding hydrogens is 320 g/mol. The molecule has 1 N–H and O–H groups in total. The lowest BCUT2D eigenvalue weighted by molar-refractivity contribution is -0.115. The topological polar surface area (TPSA) is 49.4 Å². The number of hydrogen-bond acceptors (Lipinski definition) is 3. The molecule has 5 heteroatoms. The van der Waals surface area contributed by atoms with E-state index < -0.39 is 0 Å². The monoisotopic (exact) mass is 340 g/mol. The molecule has 24 heavy (non-hydrogen) atoms. The summed E-state index contributed by atoms with van der Waals surface area (Å²) in [5.41, 5.74) is 3.60. The van der Waals surface area contributed by atoms with E-state index in [1.54, 1.807) is 18.0 Å². The summed E-state index contributed by atoms with van der Waals surface area (Å²) in [6, 6.07) is 13.5. The van der Waals surface area contributed by atoms with Crippen molar-refractivity contribution in [2.75, 3.05) is 12.4 Å². The number of rotatable bonds is 3. The lowest BCUT2D eigenvalue weighted by Crippen LogP contribution is -2.28. The molecule has 1 heterocycles. The number of thioether (sulfide) groups is 1. The smallest absolute Gasteiger partial charge is 0.253 e. The van der Waals surface area contributed by atoms with E-state index in [1.165, 1.54) is 17.3 Å². The number of aryl methyl sites for hydroxylation is 1. The molecule has 0 spiro atoms. The summed E-state index contributed by atoms with van der Waals surface area (Å²) in [6.07, 6.45) is 0. The normalized spacial score (nSPS) is 16.3. The molecule has 0 saturated carbocycles. The van der Waals surface area contributed by atoms with Gasteiger partial charge in [0.05, 0.1) is 10.9 Å². The lowest BCUT2D eigenvalue weighted by Gasteiger charge is -2.23. The van der Waals surface area contributed by atoms with Crippen molar-refractivity contribution in [1.29, 1.82) is 0 Å². The number of carbonyl (C=O) groups excluding carboxylic acids is 2. The Labute approximate surface area is 146 Å². The van der Waals surface area contributed by atoms with Crippen LogP contribution in [-0.2, 0) is 11.3 Å². The van der Waals surface area contributed by atoms with Crippen LogP contribution >= 0.6 is 11.8 Å². The highest BCUT2D eigenvalue weighted by molar-refractivity contribution is 8.00. The first-order valence-corrected chi connectivity index (χ1v) is 8.75. The molecule has 1 atom stereocenters. The van der Waals surface area contributed by atoms with E-state index >= 15 is 0 Å². The maximum absolute atomic E-state index is 12.7. The Hall–Kier alpha value is -2.27. The molecule has 1 aliphatic rings. The van der Waals surface area contributed by atoms with E-state index in [4.69, 9.17) is 0 Å². The van der Waals surface area contributed by atoms with Crippen LogP contribution in [0.15, 0.2) is 47.4 Å². The fraction of sp³-hybridized carbons (Fsp3) is 0.263. The number of nitrogens with one attached hydrogen (secondary N) is 1. The molecule has 124 valence electrons. The molecule has 0 bridgehead atoms. The highest BCUT2D eigenvalue weighted by Crippen LogP contribution is 2.36. The van der Waals surface area contributed by atoms with Gasteiger partial charge in [-0.2, -0.15) is 0 Å². The standard InChI is InChI=1S/C19H20N2O2S/c1-12-6-4-5-7-15(12)11-21(3)19(23)14-8-9-17-16(10-14)20-18(22)13(2)24-17/h4-10,13H,11H2,1-3H3,(H,20,22). The number of fused-ring (bicyclic) bond motifs is 1.